The highest BCUT2D eigenvalue weighted by Crippen LogP contribution is 2.24. The monoisotopic (exact) mass is 274 g/mol. The summed E-state index contributed by atoms with van der Waals surface area (Å²) in [5.74, 6) is -0.171. The van der Waals surface area contributed by atoms with E-state index in [0.717, 1.165) is 11.1 Å². The summed E-state index contributed by atoms with van der Waals surface area (Å²) in [6.07, 6.45) is 0. The number of carbonyl (C=O) groups excluding carboxylic acids is 1. The van der Waals surface area contributed by atoms with Crippen LogP contribution in [0.4, 0.5) is 11.4 Å². The van der Waals surface area contributed by atoms with E-state index in [1.807, 2.05) is 26.0 Å². The molecule has 0 aromatic heterocycles. The first-order valence-corrected chi connectivity index (χ1v) is 6.29. The third-order valence-electron chi connectivity index (χ3n) is 3.11. The molecule has 2 aromatic carbocycles. The molecule has 98 valence electrons. The Hall–Kier alpha value is -2.00. The number of halogens is 1. The summed E-state index contributed by atoms with van der Waals surface area (Å²) in [7, 11) is 0. The summed E-state index contributed by atoms with van der Waals surface area (Å²) in [5, 5.41) is 3.34. The van der Waals surface area contributed by atoms with Gasteiger partial charge in [-0.15, -0.1) is 0 Å². The summed E-state index contributed by atoms with van der Waals surface area (Å²) in [6, 6.07) is 10.6. The van der Waals surface area contributed by atoms with Gasteiger partial charge in [-0.25, -0.2) is 0 Å². The van der Waals surface area contributed by atoms with Crippen LogP contribution in [0.15, 0.2) is 36.4 Å². The van der Waals surface area contributed by atoms with Crippen molar-refractivity contribution in [3.05, 3.63) is 58.1 Å². The SMILES string of the molecule is Cc1cccc(C(=O)Nc2ccc(Cl)cc2N)c1C. The number of nitrogens with one attached hydrogen (secondary N) is 1. The van der Waals surface area contributed by atoms with Crippen molar-refractivity contribution < 1.29 is 4.79 Å². The van der Waals surface area contributed by atoms with Crippen molar-refractivity contribution in [1.82, 2.24) is 0 Å². The Balaban J connectivity index is 2.28. The number of amides is 1. The molecule has 2 aromatic rings. The molecule has 0 spiro atoms. The molecule has 0 saturated heterocycles. The number of hydrogen-bond acceptors (Lipinski definition) is 2. The lowest BCUT2D eigenvalue weighted by Crippen LogP contribution is -2.14. The molecular formula is C15H15ClN2O. The van der Waals surface area contributed by atoms with E-state index in [-0.39, 0.29) is 5.91 Å². The van der Waals surface area contributed by atoms with Crippen LogP contribution in [0.1, 0.15) is 21.5 Å². The predicted molar refractivity (Wildman–Crippen MR) is 79.7 cm³/mol. The third-order valence-corrected chi connectivity index (χ3v) is 3.35. The number of rotatable bonds is 2. The molecule has 0 aliphatic carbocycles. The molecule has 0 atom stereocenters. The zero-order chi connectivity index (χ0) is 14.0. The Kier molecular flexibility index (Phi) is 3.76. The maximum atomic E-state index is 12.2. The van der Waals surface area contributed by atoms with E-state index in [9.17, 15) is 4.79 Å². The maximum absolute atomic E-state index is 12.2. The van der Waals surface area contributed by atoms with Crippen molar-refractivity contribution in [2.24, 2.45) is 0 Å². The van der Waals surface area contributed by atoms with Crippen LogP contribution in [0.3, 0.4) is 0 Å². The van der Waals surface area contributed by atoms with Gasteiger partial charge in [-0.3, -0.25) is 4.79 Å². The highest BCUT2D eigenvalue weighted by molar-refractivity contribution is 6.31. The minimum atomic E-state index is -0.171. The summed E-state index contributed by atoms with van der Waals surface area (Å²) >= 11 is 5.82. The van der Waals surface area contributed by atoms with Gasteiger partial charge in [-0.05, 0) is 49.2 Å². The van der Waals surface area contributed by atoms with Gasteiger partial charge in [0.15, 0.2) is 0 Å². The Morgan fingerprint density at radius 2 is 1.95 bits per heavy atom. The van der Waals surface area contributed by atoms with Crippen LogP contribution in [0, 0.1) is 13.8 Å². The van der Waals surface area contributed by atoms with Gasteiger partial charge < -0.3 is 11.1 Å². The summed E-state index contributed by atoms with van der Waals surface area (Å²) in [5.41, 5.74) is 9.52. The average Bonchev–Trinajstić information content (AvgIpc) is 2.36. The molecule has 2 rings (SSSR count). The van der Waals surface area contributed by atoms with E-state index in [2.05, 4.69) is 5.32 Å². The lowest BCUT2D eigenvalue weighted by Gasteiger charge is -2.11. The second-order valence-electron chi connectivity index (χ2n) is 4.43. The van der Waals surface area contributed by atoms with Crippen molar-refractivity contribution in [3.8, 4) is 0 Å². The normalized spacial score (nSPS) is 10.3. The summed E-state index contributed by atoms with van der Waals surface area (Å²) < 4.78 is 0. The molecule has 4 heteroatoms. The number of anilines is 2. The van der Waals surface area contributed by atoms with E-state index < -0.39 is 0 Å². The Labute approximate surface area is 117 Å². The number of nitrogens with two attached hydrogens (primary N) is 1. The van der Waals surface area contributed by atoms with Crippen molar-refractivity contribution >= 4 is 28.9 Å². The number of nitrogen functional groups attached to an aromatic ring is 1. The largest absolute Gasteiger partial charge is 0.397 e. The number of benzene rings is 2. The molecule has 0 fully saturated rings. The van der Waals surface area contributed by atoms with Gasteiger partial charge in [-0.2, -0.15) is 0 Å². The van der Waals surface area contributed by atoms with Crippen molar-refractivity contribution in [2.45, 2.75) is 13.8 Å². The smallest absolute Gasteiger partial charge is 0.255 e. The van der Waals surface area contributed by atoms with Crippen LogP contribution in [0.5, 0.6) is 0 Å². The van der Waals surface area contributed by atoms with Gasteiger partial charge in [0.25, 0.3) is 5.91 Å². The molecule has 0 bridgehead atoms. The van der Waals surface area contributed by atoms with Crippen molar-refractivity contribution in [1.29, 1.82) is 0 Å². The van der Waals surface area contributed by atoms with E-state index in [4.69, 9.17) is 17.3 Å². The quantitative estimate of drug-likeness (QED) is 0.819. The predicted octanol–water partition coefficient (Wildman–Crippen LogP) is 3.79. The second-order valence-corrected chi connectivity index (χ2v) is 4.87. The average molecular weight is 275 g/mol. The van der Waals surface area contributed by atoms with E-state index in [1.165, 1.54) is 0 Å². The number of carbonyl (C=O) groups is 1. The van der Waals surface area contributed by atoms with Gasteiger partial charge in [0, 0.05) is 10.6 Å². The molecule has 0 aliphatic heterocycles. The van der Waals surface area contributed by atoms with Crippen LogP contribution in [0.25, 0.3) is 0 Å². The molecule has 19 heavy (non-hydrogen) atoms. The van der Waals surface area contributed by atoms with Crippen molar-refractivity contribution in [3.63, 3.8) is 0 Å². The van der Waals surface area contributed by atoms with Gasteiger partial charge in [0.2, 0.25) is 0 Å². The number of hydrogen-bond donors (Lipinski definition) is 2. The van der Waals surface area contributed by atoms with Crippen LogP contribution in [0.2, 0.25) is 5.02 Å². The highest BCUT2D eigenvalue weighted by atomic mass is 35.5. The Morgan fingerprint density at radius 1 is 1.21 bits per heavy atom. The standard InChI is InChI=1S/C15H15ClN2O/c1-9-4-3-5-12(10(9)2)15(19)18-14-7-6-11(16)8-13(14)17/h3-8H,17H2,1-2H3,(H,18,19). The van der Waals surface area contributed by atoms with E-state index in [0.29, 0.717) is 22.0 Å². The zero-order valence-corrected chi connectivity index (χ0v) is 11.6. The lowest BCUT2D eigenvalue weighted by atomic mass is 10.0. The number of aryl methyl sites for hydroxylation is 1. The van der Waals surface area contributed by atoms with E-state index >= 15 is 0 Å². The molecule has 3 nitrogen and oxygen atoms in total. The third kappa shape index (κ3) is 2.88. The fourth-order valence-corrected chi connectivity index (χ4v) is 2.01. The summed E-state index contributed by atoms with van der Waals surface area (Å²) in [4.78, 5) is 12.2. The van der Waals surface area contributed by atoms with Crippen LogP contribution >= 0.6 is 11.6 Å². The topological polar surface area (TPSA) is 55.1 Å². The first-order chi connectivity index (χ1) is 8.99. The first kappa shape index (κ1) is 13.4. The van der Waals surface area contributed by atoms with Gasteiger partial charge in [0.1, 0.15) is 0 Å². The first-order valence-electron chi connectivity index (χ1n) is 5.91. The van der Waals surface area contributed by atoms with Gasteiger partial charge in [-0.1, -0.05) is 23.7 Å². The molecule has 3 N–H and O–H groups in total. The van der Waals surface area contributed by atoms with E-state index in [1.54, 1.807) is 24.3 Å². The zero-order valence-electron chi connectivity index (χ0n) is 10.8. The fraction of sp³-hybridized carbons (Fsp3) is 0.133. The molecular weight excluding hydrogens is 260 g/mol. The molecule has 0 saturated carbocycles. The minimum Gasteiger partial charge on any atom is -0.397 e. The van der Waals surface area contributed by atoms with Gasteiger partial charge in [0.05, 0.1) is 11.4 Å². The molecule has 0 heterocycles. The highest BCUT2D eigenvalue weighted by Gasteiger charge is 2.11. The molecule has 0 aliphatic rings. The minimum absolute atomic E-state index is 0.171. The Bertz CT molecular complexity index is 638. The van der Waals surface area contributed by atoms with Crippen LogP contribution in [-0.4, -0.2) is 5.91 Å². The molecule has 1 amide bonds. The lowest BCUT2D eigenvalue weighted by molar-refractivity contribution is 0.102. The second kappa shape index (κ2) is 5.33. The summed E-state index contributed by atoms with van der Waals surface area (Å²) in [6.45, 7) is 3.90. The molecule has 0 unspecified atom stereocenters. The van der Waals surface area contributed by atoms with Crippen LogP contribution in [-0.2, 0) is 0 Å². The van der Waals surface area contributed by atoms with Crippen molar-refractivity contribution in [2.75, 3.05) is 11.1 Å². The maximum Gasteiger partial charge on any atom is 0.255 e. The van der Waals surface area contributed by atoms with Gasteiger partial charge >= 0.3 is 0 Å². The fourth-order valence-electron chi connectivity index (χ4n) is 1.83. The molecule has 0 radical (unpaired) electrons. The van der Waals surface area contributed by atoms with Crippen LogP contribution < -0.4 is 11.1 Å². The Morgan fingerprint density at radius 3 is 2.63 bits per heavy atom.